The zero-order valence-corrected chi connectivity index (χ0v) is 13.2. The van der Waals surface area contributed by atoms with Crippen molar-refractivity contribution in [3.8, 4) is 11.5 Å². The van der Waals surface area contributed by atoms with Crippen molar-refractivity contribution < 1.29 is 19.0 Å². The molecule has 0 saturated carbocycles. The number of aliphatic hydroxyl groups excluding tert-OH is 1. The normalized spacial score (nSPS) is 18.2. The maximum Gasteiger partial charge on any atom is 0.220 e. The summed E-state index contributed by atoms with van der Waals surface area (Å²) in [5.41, 5.74) is 0.744. The van der Waals surface area contributed by atoms with Crippen LogP contribution in [0.4, 0.5) is 4.39 Å². The van der Waals surface area contributed by atoms with Gasteiger partial charge in [-0.1, -0.05) is 18.2 Å². The molecule has 1 saturated heterocycles. The van der Waals surface area contributed by atoms with Crippen molar-refractivity contribution in [2.75, 3.05) is 0 Å². The lowest BCUT2D eigenvalue weighted by Crippen LogP contribution is -2.25. The van der Waals surface area contributed by atoms with E-state index in [2.05, 4.69) is 5.32 Å². The second kappa shape index (κ2) is 7.45. The number of nitrogens with one attached hydrogen (secondary N) is 1. The molecule has 2 N–H and O–H groups in total. The molecular weight excluding hydrogens is 309 g/mol. The summed E-state index contributed by atoms with van der Waals surface area (Å²) in [5.74, 6) is 0.684. The molecule has 0 spiro atoms. The first-order valence-corrected chi connectivity index (χ1v) is 8.11. The highest BCUT2D eigenvalue weighted by Gasteiger charge is 2.21. The first kappa shape index (κ1) is 16.5. The first-order valence-electron chi connectivity index (χ1n) is 8.11. The standard InChI is InChI=1S/C19H20FNO3/c20-14-4-2-6-17(12-14)24-16-5-1-3-13(11-16)18(22)9-7-15-8-10-19(23)21-15/h1-6,11-12,15,18,22H,7-10H2,(H,21,23)/t15-,18+/m0/s1. The Labute approximate surface area is 140 Å². The average Bonchev–Trinajstić information content (AvgIpc) is 2.98. The molecule has 2 aromatic rings. The Hall–Kier alpha value is -2.40. The van der Waals surface area contributed by atoms with Crippen LogP contribution in [-0.4, -0.2) is 17.1 Å². The van der Waals surface area contributed by atoms with E-state index < -0.39 is 6.10 Å². The lowest BCUT2D eigenvalue weighted by molar-refractivity contribution is -0.119. The second-order valence-corrected chi connectivity index (χ2v) is 6.03. The molecule has 3 rings (SSSR count). The summed E-state index contributed by atoms with van der Waals surface area (Å²) in [6, 6.07) is 13.2. The number of hydrogen-bond donors (Lipinski definition) is 2. The Kier molecular flexibility index (Phi) is 5.11. The highest BCUT2D eigenvalue weighted by molar-refractivity contribution is 5.78. The highest BCUT2D eigenvalue weighted by Crippen LogP contribution is 2.27. The van der Waals surface area contributed by atoms with E-state index in [0.29, 0.717) is 24.3 Å². The minimum atomic E-state index is -0.626. The minimum Gasteiger partial charge on any atom is -0.457 e. The number of ether oxygens (including phenoxy) is 1. The Morgan fingerprint density at radius 1 is 1.21 bits per heavy atom. The van der Waals surface area contributed by atoms with Gasteiger partial charge in [0.1, 0.15) is 17.3 Å². The fourth-order valence-electron chi connectivity index (χ4n) is 2.87. The SMILES string of the molecule is O=C1CC[C@H](CC[C@@H](O)c2cccc(Oc3cccc(F)c3)c2)N1. The lowest BCUT2D eigenvalue weighted by Gasteiger charge is -2.15. The predicted molar refractivity (Wildman–Crippen MR) is 88.3 cm³/mol. The smallest absolute Gasteiger partial charge is 0.220 e. The molecule has 1 amide bonds. The molecule has 2 atom stereocenters. The van der Waals surface area contributed by atoms with Crippen LogP contribution in [0.25, 0.3) is 0 Å². The summed E-state index contributed by atoms with van der Waals surface area (Å²) in [5, 5.41) is 13.3. The number of halogens is 1. The van der Waals surface area contributed by atoms with Gasteiger partial charge in [-0.25, -0.2) is 4.39 Å². The number of rotatable bonds is 6. The van der Waals surface area contributed by atoms with Crippen molar-refractivity contribution in [2.24, 2.45) is 0 Å². The highest BCUT2D eigenvalue weighted by atomic mass is 19.1. The summed E-state index contributed by atoms with van der Waals surface area (Å²) in [7, 11) is 0. The van der Waals surface area contributed by atoms with Crippen molar-refractivity contribution in [3.05, 3.63) is 59.9 Å². The largest absolute Gasteiger partial charge is 0.457 e. The van der Waals surface area contributed by atoms with Crippen LogP contribution in [0, 0.1) is 5.82 Å². The van der Waals surface area contributed by atoms with Gasteiger partial charge in [-0.3, -0.25) is 4.79 Å². The van der Waals surface area contributed by atoms with Crippen LogP contribution in [0.3, 0.4) is 0 Å². The summed E-state index contributed by atoms with van der Waals surface area (Å²) in [4.78, 5) is 11.2. The Bertz CT molecular complexity index is 719. The Balaban J connectivity index is 1.60. The van der Waals surface area contributed by atoms with Crippen molar-refractivity contribution >= 4 is 5.91 Å². The van der Waals surface area contributed by atoms with Crippen molar-refractivity contribution in [3.63, 3.8) is 0 Å². The van der Waals surface area contributed by atoms with E-state index in [4.69, 9.17) is 4.74 Å². The third-order valence-corrected chi connectivity index (χ3v) is 4.15. The van der Waals surface area contributed by atoms with Crippen LogP contribution in [-0.2, 0) is 4.79 Å². The van der Waals surface area contributed by atoms with Gasteiger partial charge in [0.2, 0.25) is 5.91 Å². The molecule has 0 unspecified atom stereocenters. The van der Waals surface area contributed by atoms with Gasteiger partial charge in [-0.2, -0.15) is 0 Å². The number of amides is 1. The quantitative estimate of drug-likeness (QED) is 0.849. The fraction of sp³-hybridized carbons (Fsp3) is 0.316. The summed E-state index contributed by atoms with van der Waals surface area (Å²) < 4.78 is 18.8. The number of carbonyl (C=O) groups excluding carboxylic acids is 1. The second-order valence-electron chi connectivity index (χ2n) is 6.03. The van der Waals surface area contributed by atoms with E-state index in [1.165, 1.54) is 12.1 Å². The maximum atomic E-state index is 13.2. The Morgan fingerprint density at radius 3 is 2.67 bits per heavy atom. The molecule has 0 aromatic heterocycles. The van der Waals surface area contributed by atoms with Crippen LogP contribution in [0.15, 0.2) is 48.5 Å². The van der Waals surface area contributed by atoms with Gasteiger partial charge in [-0.15, -0.1) is 0 Å². The third kappa shape index (κ3) is 4.32. The van der Waals surface area contributed by atoms with Crippen LogP contribution in [0.5, 0.6) is 11.5 Å². The molecule has 0 bridgehead atoms. The van der Waals surface area contributed by atoms with E-state index in [-0.39, 0.29) is 17.8 Å². The summed E-state index contributed by atoms with van der Waals surface area (Å²) >= 11 is 0. The number of benzene rings is 2. The van der Waals surface area contributed by atoms with E-state index in [1.54, 1.807) is 30.3 Å². The topological polar surface area (TPSA) is 58.6 Å². The van der Waals surface area contributed by atoms with E-state index in [9.17, 15) is 14.3 Å². The van der Waals surface area contributed by atoms with E-state index in [1.807, 2.05) is 6.07 Å². The Morgan fingerprint density at radius 2 is 1.96 bits per heavy atom. The van der Waals surface area contributed by atoms with Gasteiger partial charge < -0.3 is 15.2 Å². The van der Waals surface area contributed by atoms with Gasteiger partial charge in [0.15, 0.2) is 0 Å². The number of aliphatic hydroxyl groups is 1. The van der Waals surface area contributed by atoms with Crippen molar-refractivity contribution in [1.82, 2.24) is 5.32 Å². The molecule has 126 valence electrons. The molecule has 24 heavy (non-hydrogen) atoms. The van der Waals surface area contributed by atoms with Gasteiger partial charge in [0.05, 0.1) is 6.10 Å². The molecule has 4 nitrogen and oxygen atoms in total. The number of hydrogen-bond acceptors (Lipinski definition) is 3. The average molecular weight is 329 g/mol. The monoisotopic (exact) mass is 329 g/mol. The van der Waals surface area contributed by atoms with Crippen molar-refractivity contribution in [1.29, 1.82) is 0 Å². The van der Waals surface area contributed by atoms with Crippen molar-refractivity contribution in [2.45, 2.75) is 37.8 Å². The van der Waals surface area contributed by atoms with Gasteiger partial charge in [-0.05, 0) is 49.1 Å². The van der Waals surface area contributed by atoms with Crippen LogP contribution >= 0.6 is 0 Å². The summed E-state index contributed by atoms with van der Waals surface area (Å²) in [6.45, 7) is 0. The van der Waals surface area contributed by atoms with Gasteiger partial charge in [0, 0.05) is 18.5 Å². The zero-order valence-electron chi connectivity index (χ0n) is 13.2. The number of carbonyl (C=O) groups is 1. The molecule has 0 aliphatic carbocycles. The lowest BCUT2D eigenvalue weighted by atomic mass is 10.0. The maximum absolute atomic E-state index is 13.2. The van der Waals surface area contributed by atoms with Crippen LogP contribution in [0.1, 0.15) is 37.4 Å². The molecule has 5 heteroatoms. The molecule has 1 heterocycles. The summed E-state index contributed by atoms with van der Waals surface area (Å²) in [6.07, 6.45) is 2.07. The first-order chi connectivity index (χ1) is 11.6. The minimum absolute atomic E-state index is 0.0833. The molecule has 1 aliphatic heterocycles. The molecule has 2 aromatic carbocycles. The third-order valence-electron chi connectivity index (χ3n) is 4.15. The zero-order chi connectivity index (χ0) is 16.9. The fourth-order valence-corrected chi connectivity index (χ4v) is 2.87. The van der Waals surface area contributed by atoms with E-state index >= 15 is 0 Å². The molecular formula is C19H20FNO3. The van der Waals surface area contributed by atoms with Crippen LogP contribution in [0.2, 0.25) is 0 Å². The van der Waals surface area contributed by atoms with E-state index in [0.717, 1.165) is 18.4 Å². The molecule has 0 radical (unpaired) electrons. The molecule has 1 fully saturated rings. The predicted octanol–water partition coefficient (Wildman–Crippen LogP) is 3.71. The van der Waals surface area contributed by atoms with Gasteiger partial charge in [0.25, 0.3) is 0 Å². The molecule has 1 aliphatic rings. The van der Waals surface area contributed by atoms with Gasteiger partial charge >= 0.3 is 0 Å². The van der Waals surface area contributed by atoms with Crippen LogP contribution < -0.4 is 10.1 Å².